The SMILES string of the molecule is CC(C)c1ccc([C@H]2[C@H](C(=O)C(C)(C)C)N3c4ccc(Cl)cc4C=C[C@@H]3C23C(=O)c2ccccc2C3=O)cc1. The molecule has 3 aliphatic rings. The second-order valence-electron chi connectivity index (χ2n) is 12.3. The number of carbonyl (C=O) groups excluding carboxylic acids is 3. The normalized spacial score (nSPS) is 22.8. The van der Waals surface area contributed by atoms with Crippen molar-refractivity contribution in [2.75, 3.05) is 4.90 Å². The van der Waals surface area contributed by atoms with Gasteiger partial charge in [0.2, 0.25) is 0 Å². The second kappa shape index (κ2) is 8.76. The summed E-state index contributed by atoms with van der Waals surface area (Å²) in [4.78, 5) is 45.7. The van der Waals surface area contributed by atoms with Gasteiger partial charge in [0.25, 0.3) is 0 Å². The number of anilines is 1. The van der Waals surface area contributed by atoms with E-state index in [2.05, 4.69) is 26.0 Å². The summed E-state index contributed by atoms with van der Waals surface area (Å²) < 4.78 is 0. The van der Waals surface area contributed by atoms with Gasteiger partial charge in [-0.2, -0.15) is 0 Å². The molecule has 5 heteroatoms. The lowest BCUT2D eigenvalue weighted by molar-refractivity contribution is -0.127. The number of hydrogen-bond acceptors (Lipinski definition) is 4. The number of nitrogens with zero attached hydrogens (tertiary/aromatic N) is 1. The number of rotatable bonds is 3. The maximum Gasteiger partial charge on any atom is 0.180 e. The molecule has 0 amide bonds. The van der Waals surface area contributed by atoms with Gasteiger partial charge in [-0.1, -0.05) is 107 Å². The van der Waals surface area contributed by atoms with E-state index in [1.54, 1.807) is 30.3 Å². The fourth-order valence-electron chi connectivity index (χ4n) is 6.85. The number of hydrogen-bond donors (Lipinski definition) is 0. The molecule has 0 unspecified atom stereocenters. The van der Waals surface area contributed by atoms with Crippen LogP contribution >= 0.6 is 11.6 Å². The van der Waals surface area contributed by atoms with Gasteiger partial charge in [-0.15, -0.1) is 0 Å². The van der Waals surface area contributed by atoms with Gasteiger partial charge in [0.1, 0.15) is 5.41 Å². The number of benzene rings is 3. The molecule has 2 aliphatic heterocycles. The van der Waals surface area contributed by atoms with Crippen LogP contribution in [0.25, 0.3) is 6.08 Å². The summed E-state index contributed by atoms with van der Waals surface area (Å²) in [6.07, 6.45) is 3.88. The minimum absolute atomic E-state index is 0.00457. The molecular weight excluding hydrogens is 506 g/mol. The molecule has 39 heavy (non-hydrogen) atoms. The fraction of sp³-hybridized carbons (Fsp3) is 0.324. The Bertz CT molecular complexity index is 1520. The molecule has 4 nitrogen and oxygen atoms in total. The fourth-order valence-corrected chi connectivity index (χ4v) is 7.03. The maximum atomic E-state index is 14.6. The molecule has 198 valence electrons. The molecule has 0 N–H and O–H groups in total. The average molecular weight is 538 g/mol. The van der Waals surface area contributed by atoms with Gasteiger partial charge in [0.15, 0.2) is 17.3 Å². The smallest absolute Gasteiger partial charge is 0.180 e. The van der Waals surface area contributed by atoms with Crippen LogP contribution in [0.3, 0.4) is 0 Å². The average Bonchev–Trinajstić information content (AvgIpc) is 3.33. The molecule has 0 bridgehead atoms. The van der Waals surface area contributed by atoms with Gasteiger partial charge >= 0.3 is 0 Å². The van der Waals surface area contributed by atoms with Crippen LogP contribution in [0, 0.1) is 10.8 Å². The molecule has 0 aromatic heterocycles. The van der Waals surface area contributed by atoms with Crippen molar-refractivity contribution in [3.05, 3.63) is 106 Å². The van der Waals surface area contributed by atoms with Crippen molar-refractivity contribution in [3.8, 4) is 0 Å². The molecule has 1 saturated heterocycles. The van der Waals surface area contributed by atoms with E-state index in [9.17, 15) is 14.4 Å². The zero-order valence-electron chi connectivity index (χ0n) is 22.9. The number of Topliss-reactive ketones (excluding diaryl/α,β-unsaturated/α-hetero) is 3. The van der Waals surface area contributed by atoms with E-state index < -0.39 is 28.8 Å². The van der Waals surface area contributed by atoms with Crippen LogP contribution in [-0.2, 0) is 4.79 Å². The summed E-state index contributed by atoms with van der Waals surface area (Å²) in [7, 11) is 0. The standard InChI is InChI=1S/C34H32ClNO3/c1-19(2)20-10-12-21(13-11-20)28-29(32(39)33(3,4)5)36-26-16-15-23(35)18-22(26)14-17-27(36)34(28)30(37)24-8-6-7-9-25(24)31(34)38/h6-19,27-29H,1-5H3/t27-,28+,29-/m1/s1. The number of fused-ring (bicyclic) bond motifs is 5. The van der Waals surface area contributed by atoms with E-state index in [0.29, 0.717) is 22.1 Å². The summed E-state index contributed by atoms with van der Waals surface area (Å²) in [5.41, 5.74) is 2.36. The Balaban J connectivity index is 1.68. The first-order valence-corrected chi connectivity index (χ1v) is 13.9. The lowest BCUT2D eigenvalue weighted by Crippen LogP contribution is -2.49. The molecule has 1 fully saturated rings. The molecule has 1 spiro atoms. The quantitative estimate of drug-likeness (QED) is 0.324. The minimum Gasteiger partial charge on any atom is -0.352 e. The third-order valence-electron chi connectivity index (χ3n) is 8.74. The summed E-state index contributed by atoms with van der Waals surface area (Å²) in [5.74, 6) is -0.762. The van der Waals surface area contributed by atoms with Crippen molar-refractivity contribution in [2.45, 2.75) is 58.5 Å². The Kier molecular flexibility index (Phi) is 5.78. The Hall–Kier alpha value is -3.50. The molecule has 2 heterocycles. The summed E-state index contributed by atoms with van der Waals surface area (Å²) in [6, 6.07) is 19.5. The highest BCUT2D eigenvalue weighted by Crippen LogP contribution is 2.61. The van der Waals surface area contributed by atoms with Gasteiger partial charge in [-0.3, -0.25) is 14.4 Å². The topological polar surface area (TPSA) is 54.5 Å². The number of carbonyl (C=O) groups is 3. The van der Waals surface area contributed by atoms with Gasteiger partial charge in [-0.05, 0) is 40.8 Å². The molecule has 1 aliphatic carbocycles. The molecule has 0 saturated carbocycles. The monoisotopic (exact) mass is 537 g/mol. The predicted octanol–water partition coefficient (Wildman–Crippen LogP) is 7.51. The molecule has 3 aromatic rings. The Labute approximate surface area is 234 Å². The van der Waals surface area contributed by atoms with E-state index in [-0.39, 0.29) is 17.3 Å². The van der Waals surface area contributed by atoms with Crippen molar-refractivity contribution < 1.29 is 14.4 Å². The largest absolute Gasteiger partial charge is 0.352 e. The van der Waals surface area contributed by atoms with Crippen molar-refractivity contribution in [1.29, 1.82) is 0 Å². The lowest BCUT2D eigenvalue weighted by Gasteiger charge is -2.38. The Morgan fingerprint density at radius 1 is 0.923 bits per heavy atom. The van der Waals surface area contributed by atoms with Gasteiger partial charge in [0.05, 0.1) is 12.1 Å². The molecular formula is C34H32ClNO3. The van der Waals surface area contributed by atoms with Crippen molar-refractivity contribution in [2.24, 2.45) is 10.8 Å². The molecule has 0 radical (unpaired) electrons. The van der Waals surface area contributed by atoms with E-state index in [1.165, 1.54) is 0 Å². The predicted molar refractivity (Wildman–Crippen MR) is 156 cm³/mol. The second-order valence-corrected chi connectivity index (χ2v) is 12.8. The van der Waals surface area contributed by atoms with Crippen molar-refractivity contribution in [3.63, 3.8) is 0 Å². The first-order valence-electron chi connectivity index (χ1n) is 13.6. The van der Waals surface area contributed by atoms with Crippen LogP contribution in [0.5, 0.6) is 0 Å². The van der Waals surface area contributed by atoms with E-state index in [0.717, 1.165) is 22.4 Å². The van der Waals surface area contributed by atoms with E-state index in [4.69, 9.17) is 11.6 Å². The van der Waals surface area contributed by atoms with Gasteiger partial charge < -0.3 is 4.90 Å². The zero-order valence-corrected chi connectivity index (χ0v) is 23.6. The lowest BCUT2D eigenvalue weighted by atomic mass is 9.63. The molecule has 3 atom stereocenters. The molecule has 6 rings (SSSR count). The Morgan fingerprint density at radius 3 is 2.10 bits per heavy atom. The third kappa shape index (κ3) is 3.54. The molecule has 3 aromatic carbocycles. The maximum absolute atomic E-state index is 14.6. The highest BCUT2D eigenvalue weighted by Gasteiger charge is 2.71. The highest BCUT2D eigenvalue weighted by atomic mass is 35.5. The first-order chi connectivity index (χ1) is 18.5. The summed E-state index contributed by atoms with van der Waals surface area (Å²) in [5, 5.41) is 0.589. The van der Waals surface area contributed by atoms with Crippen LogP contribution < -0.4 is 4.90 Å². The van der Waals surface area contributed by atoms with Crippen molar-refractivity contribution in [1.82, 2.24) is 0 Å². The van der Waals surface area contributed by atoms with Crippen LogP contribution in [0.4, 0.5) is 5.69 Å². The van der Waals surface area contributed by atoms with Gasteiger partial charge in [-0.25, -0.2) is 0 Å². The number of halogens is 1. The summed E-state index contributed by atoms with van der Waals surface area (Å²) >= 11 is 6.36. The van der Waals surface area contributed by atoms with Crippen molar-refractivity contribution >= 4 is 40.7 Å². The zero-order chi connectivity index (χ0) is 27.9. The summed E-state index contributed by atoms with van der Waals surface area (Å²) in [6.45, 7) is 9.98. The van der Waals surface area contributed by atoms with Crippen LogP contribution in [0.2, 0.25) is 5.02 Å². The minimum atomic E-state index is -1.47. The van der Waals surface area contributed by atoms with Gasteiger partial charge in [0, 0.05) is 33.2 Å². The van der Waals surface area contributed by atoms with E-state index >= 15 is 0 Å². The third-order valence-corrected chi connectivity index (χ3v) is 8.97. The number of ketones is 3. The van der Waals surface area contributed by atoms with Crippen LogP contribution in [0.1, 0.15) is 83.9 Å². The highest BCUT2D eigenvalue weighted by molar-refractivity contribution is 6.32. The Morgan fingerprint density at radius 2 is 1.54 bits per heavy atom. The van der Waals surface area contributed by atoms with Crippen LogP contribution in [0.15, 0.2) is 72.8 Å². The van der Waals surface area contributed by atoms with Crippen LogP contribution in [-0.4, -0.2) is 29.4 Å². The van der Waals surface area contributed by atoms with E-state index in [1.807, 2.05) is 62.1 Å². The first kappa shape index (κ1) is 25.8.